The third-order valence-electron chi connectivity index (χ3n) is 6.09. The van der Waals surface area contributed by atoms with Crippen molar-refractivity contribution in [2.45, 2.75) is 46.6 Å². The molecule has 0 bridgehead atoms. The minimum absolute atomic E-state index is 0.134. The molecule has 1 atom stereocenters. The summed E-state index contributed by atoms with van der Waals surface area (Å²) in [5.74, 6) is 0.180. The van der Waals surface area contributed by atoms with Crippen LogP contribution in [0.2, 0.25) is 0 Å². The van der Waals surface area contributed by atoms with Gasteiger partial charge in [-0.15, -0.1) is 0 Å². The fraction of sp³-hybridized carbons (Fsp3) is 0.280. The molecule has 0 aliphatic rings. The number of aryl methyl sites for hydroxylation is 2. The molecule has 4 aromatic rings. The van der Waals surface area contributed by atoms with Gasteiger partial charge in [-0.05, 0) is 61.6 Å². The van der Waals surface area contributed by atoms with E-state index in [0.29, 0.717) is 16.8 Å². The number of amides is 1. The van der Waals surface area contributed by atoms with E-state index in [4.69, 9.17) is 5.73 Å². The summed E-state index contributed by atoms with van der Waals surface area (Å²) in [7, 11) is 0. The molecule has 1 aromatic carbocycles. The number of nitrogen functional groups attached to an aromatic ring is 1. The summed E-state index contributed by atoms with van der Waals surface area (Å²) in [4.78, 5) is 40.2. The van der Waals surface area contributed by atoms with Crippen LogP contribution in [0.3, 0.4) is 0 Å². The van der Waals surface area contributed by atoms with Crippen LogP contribution in [0, 0.1) is 13.8 Å². The number of anilines is 1. The molecule has 0 saturated heterocycles. The number of fused-ring (bicyclic) bond motifs is 1. The maximum atomic E-state index is 13.4. The molecular formula is C25H28N6O2. The molecule has 170 valence electrons. The second-order valence-electron chi connectivity index (χ2n) is 8.43. The minimum Gasteiger partial charge on any atom is -0.368 e. The van der Waals surface area contributed by atoms with Crippen molar-refractivity contribution in [1.82, 2.24) is 25.3 Å². The van der Waals surface area contributed by atoms with Crippen molar-refractivity contribution in [2.75, 3.05) is 5.73 Å². The lowest BCUT2D eigenvalue weighted by molar-refractivity contribution is 0.0952. The third kappa shape index (κ3) is 4.37. The topological polar surface area (TPSA) is 130 Å². The first kappa shape index (κ1) is 22.3. The lowest BCUT2D eigenvalue weighted by Gasteiger charge is -2.13. The van der Waals surface area contributed by atoms with Gasteiger partial charge in [0.05, 0.1) is 5.69 Å². The number of carbonyl (C=O) groups excluding carboxylic acids is 1. The zero-order chi connectivity index (χ0) is 23.7. The number of pyridine rings is 1. The van der Waals surface area contributed by atoms with Crippen molar-refractivity contribution >= 4 is 22.8 Å². The van der Waals surface area contributed by atoms with E-state index in [2.05, 4.69) is 39.1 Å². The van der Waals surface area contributed by atoms with Crippen molar-refractivity contribution in [3.8, 4) is 11.3 Å². The Labute approximate surface area is 191 Å². The van der Waals surface area contributed by atoms with Gasteiger partial charge in [-0.2, -0.15) is 0 Å². The molecule has 8 nitrogen and oxygen atoms in total. The average molecular weight is 445 g/mol. The molecule has 3 heterocycles. The summed E-state index contributed by atoms with van der Waals surface area (Å²) in [5, 5.41) is 3.82. The number of nitrogens with zero attached hydrogens (tertiary/aromatic N) is 2. The van der Waals surface area contributed by atoms with Crippen LogP contribution in [0.4, 0.5) is 5.95 Å². The first-order chi connectivity index (χ1) is 15.8. The molecule has 8 heteroatoms. The highest BCUT2D eigenvalue weighted by Gasteiger charge is 2.20. The van der Waals surface area contributed by atoms with Gasteiger partial charge in [-0.25, -0.2) is 9.97 Å². The second-order valence-corrected chi connectivity index (χ2v) is 8.43. The highest BCUT2D eigenvalue weighted by atomic mass is 16.1. The molecule has 0 radical (unpaired) electrons. The predicted molar refractivity (Wildman–Crippen MR) is 130 cm³/mol. The smallest absolute Gasteiger partial charge is 0.253 e. The number of H-pyrrole nitrogens is 2. The van der Waals surface area contributed by atoms with Crippen molar-refractivity contribution in [3.63, 3.8) is 0 Å². The summed E-state index contributed by atoms with van der Waals surface area (Å²) >= 11 is 0. The number of carbonyl (C=O) groups is 1. The zero-order valence-corrected chi connectivity index (χ0v) is 19.2. The average Bonchev–Trinajstić information content (AvgIpc) is 3.21. The van der Waals surface area contributed by atoms with Gasteiger partial charge in [0.2, 0.25) is 5.95 Å². The Kier molecular flexibility index (Phi) is 6.00. The number of benzene rings is 1. The Hall–Kier alpha value is -3.94. The van der Waals surface area contributed by atoms with Crippen LogP contribution < -0.4 is 16.6 Å². The van der Waals surface area contributed by atoms with Crippen LogP contribution in [0.15, 0.2) is 41.5 Å². The zero-order valence-electron chi connectivity index (χ0n) is 19.2. The monoisotopic (exact) mass is 444 g/mol. The molecule has 5 N–H and O–H groups in total. The molecule has 1 amide bonds. The molecule has 0 saturated carbocycles. The van der Waals surface area contributed by atoms with Gasteiger partial charge < -0.3 is 21.0 Å². The van der Waals surface area contributed by atoms with Crippen LogP contribution in [-0.2, 0) is 6.54 Å². The first-order valence-corrected chi connectivity index (χ1v) is 11.0. The molecular weight excluding hydrogens is 416 g/mol. The largest absolute Gasteiger partial charge is 0.368 e. The molecule has 4 rings (SSSR count). The third-order valence-corrected chi connectivity index (χ3v) is 6.09. The highest BCUT2D eigenvalue weighted by Crippen LogP contribution is 2.33. The van der Waals surface area contributed by atoms with Crippen molar-refractivity contribution < 1.29 is 4.79 Å². The molecule has 33 heavy (non-hydrogen) atoms. The van der Waals surface area contributed by atoms with E-state index in [-0.39, 0.29) is 29.9 Å². The Morgan fingerprint density at radius 2 is 2.03 bits per heavy atom. The Balaban J connectivity index is 1.79. The van der Waals surface area contributed by atoms with Crippen molar-refractivity contribution in [1.29, 1.82) is 0 Å². The summed E-state index contributed by atoms with van der Waals surface area (Å²) < 4.78 is 0. The molecule has 0 fully saturated rings. The van der Waals surface area contributed by atoms with Gasteiger partial charge in [-0.3, -0.25) is 9.59 Å². The predicted octanol–water partition coefficient (Wildman–Crippen LogP) is 3.96. The van der Waals surface area contributed by atoms with Crippen molar-refractivity contribution in [2.24, 2.45) is 0 Å². The van der Waals surface area contributed by atoms with Crippen LogP contribution in [0.25, 0.3) is 22.2 Å². The fourth-order valence-corrected chi connectivity index (χ4v) is 4.13. The first-order valence-electron chi connectivity index (χ1n) is 11.0. The minimum atomic E-state index is -0.257. The number of hydrogen-bond donors (Lipinski definition) is 4. The van der Waals surface area contributed by atoms with E-state index in [1.165, 1.54) is 0 Å². The van der Waals surface area contributed by atoms with E-state index in [9.17, 15) is 9.59 Å². The number of nitrogens with one attached hydrogen (secondary N) is 3. The molecule has 0 spiro atoms. The number of aromatic nitrogens is 4. The molecule has 0 aliphatic heterocycles. The van der Waals surface area contributed by atoms with Crippen LogP contribution in [0.1, 0.15) is 58.9 Å². The number of rotatable bonds is 6. The van der Waals surface area contributed by atoms with E-state index in [1.807, 2.05) is 38.2 Å². The van der Waals surface area contributed by atoms with Gasteiger partial charge in [0, 0.05) is 52.2 Å². The fourth-order valence-electron chi connectivity index (χ4n) is 4.13. The van der Waals surface area contributed by atoms with Gasteiger partial charge in [0.25, 0.3) is 11.5 Å². The Morgan fingerprint density at radius 1 is 1.24 bits per heavy atom. The number of nitrogens with two attached hydrogens (primary N) is 1. The summed E-state index contributed by atoms with van der Waals surface area (Å²) in [5.41, 5.74) is 11.6. The SMILES string of the molecule is CCC(C)c1c[nH]c2cc(-c3ccnc(N)n3)cc(C(=O)NCc3c(C)cc(C)[nH]c3=O)c12. The Morgan fingerprint density at radius 3 is 2.73 bits per heavy atom. The number of hydrogen-bond acceptors (Lipinski definition) is 5. The van der Waals surface area contributed by atoms with E-state index >= 15 is 0 Å². The maximum absolute atomic E-state index is 13.4. The summed E-state index contributed by atoms with van der Waals surface area (Å²) in [6.45, 7) is 8.10. The van der Waals surface area contributed by atoms with Crippen LogP contribution >= 0.6 is 0 Å². The van der Waals surface area contributed by atoms with Crippen molar-refractivity contribution in [3.05, 3.63) is 75.0 Å². The Bertz CT molecular complexity index is 1400. The quantitative estimate of drug-likeness (QED) is 0.358. The van der Waals surface area contributed by atoms with Crippen LogP contribution in [-0.4, -0.2) is 25.8 Å². The maximum Gasteiger partial charge on any atom is 0.253 e. The summed E-state index contributed by atoms with van der Waals surface area (Å²) in [6, 6.07) is 7.45. The van der Waals surface area contributed by atoms with Gasteiger partial charge >= 0.3 is 0 Å². The van der Waals surface area contributed by atoms with Gasteiger partial charge in [-0.1, -0.05) is 13.8 Å². The van der Waals surface area contributed by atoms with Crippen LogP contribution in [0.5, 0.6) is 0 Å². The summed E-state index contributed by atoms with van der Waals surface area (Å²) in [6.07, 6.45) is 4.49. The second kappa shape index (κ2) is 8.90. The molecule has 3 aromatic heterocycles. The normalized spacial score (nSPS) is 12.1. The standard InChI is InChI=1S/C25H28N6O2/c1-5-13(2)18-11-28-21-10-16(20-6-7-27-25(26)31-20)9-17(22(18)21)23(32)29-12-19-14(3)8-15(4)30-24(19)33/h6-11,13,28H,5,12H2,1-4H3,(H,29,32)(H,30,33)(H2,26,27,31). The van der Waals surface area contributed by atoms with Gasteiger partial charge in [0.1, 0.15) is 0 Å². The van der Waals surface area contributed by atoms with E-state index in [0.717, 1.165) is 39.7 Å². The molecule has 0 aliphatic carbocycles. The van der Waals surface area contributed by atoms with E-state index in [1.54, 1.807) is 12.3 Å². The van der Waals surface area contributed by atoms with E-state index < -0.39 is 0 Å². The lowest BCUT2D eigenvalue weighted by atomic mass is 9.93. The highest BCUT2D eigenvalue weighted by molar-refractivity contribution is 6.09. The van der Waals surface area contributed by atoms with Gasteiger partial charge in [0.15, 0.2) is 0 Å². The number of aromatic amines is 2. The lowest BCUT2D eigenvalue weighted by Crippen LogP contribution is -2.28. The molecule has 1 unspecified atom stereocenters.